The fourth-order valence-electron chi connectivity index (χ4n) is 1.69. The predicted molar refractivity (Wildman–Crippen MR) is 70.2 cm³/mol. The van der Waals surface area contributed by atoms with Crippen molar-refractivity contribution in [2.45, 2.75) is 39.2 Å². The molecule has 2 heterocycles. The number of aromatic nitrogens is 2. The SMILES string of the molecule is CC(C)Cc1nnc(NCC2CCC=CO2)s1. The van der Waals surface area contributed by atoms with E-state index in [1.54, 1.807) is 17.6 Å². The van der Waals surface area contributed by atoms with Crippen molar-refractivity contribution in [3.8, 4) is 0 Å². The lowest BCUT2D eigenvalue weighted by molar-refractivity contribution is 0.135. The molecule has 5 heteroatoms. The zero-order valence-electron chi connectivity index (χ0n) is 10.3. The van der Waals surface area contributed by atoms with E-state index in [-0.39, 0.29) is 6.10 Å². The second-order valence-corrected chi connectivity index (χ2v) is 5.75. The Labute approximate surface area is 106 Å². The lowest BCUT2D eigenvalue weighted by atomic mass is 10.1. The number of nitrogens with one attached hydrogen (secondary N) is 1. The van der Waals surface area contributed by atoms with Crippen LogP contribution in [0.15, 0.2) is 12.3 Å². The van der Waals surface area contributed by atoms with Gasteiger partial charge in [0, 0.05) is 6.42 Å². The van der Waals surface area contributed by atoms with Gasteiger partial charge in [0.15, 0.2) is 0 Å². The molecular formula is C12H19N3OS. The van der Waals surface area contributed by atoms with Gasteiger partial charge in [0.25, 0.3) is 0 Å². The molecular weight excluding hydrogens is 234 g/mol. The van der Waals surface area contributed by atoms with E-state index in [9.17, 15) is 0 Å². The largest absolute Gasteiger partial charge is 0.497 e. The first kappa shape index (κ1) is 12.4. The highest BCUT2D eigenvalue weighted by Gasteiger charge is 2.12. The minimum absolute atomic E-state index is 0.262. The summed E-state index contributed by atoms with van der Waals surface area (Å²) < 4.78 is 5.48. The van der Waals surface area contributed by atoms with E-state index >= 15 is 0 Å². The summed E-state index contributed by atoms with van der Waals surface area (Å²) in [6, 6.07) is 0. The highest BCUT2D eigenvalue weighted by atomic mass is 32.1. The molecule has 1 unspecified atom stereocenters. The van der Waals surface area contributed by atoms with E-state index in [4.69, 9.17) is 4.74 Å². The number of hydrogen-bond acceptors (Lipinski definition) is 5. The Balaban J connectivity index is 1.78. The van der Waals surface area contributed by atoms with Crippen LogP contribution in [0.5, 0.6) is 0 Å². The Hall–Kier alpha value is -1.10. The van der Waals surface area contributed by atoms with Gasteiger partial charge in [0.2, 0.25) is 5.13 Å². The summed E-state index contributed by atoms with van der Waals surface area (Å²) in [6.07, 6.45) is 7.28. The average molecular weight is 253 g/mol. The highest BCUT2D eigenvalue weighted by Crippen LogP contribution is 2.19. The normalized spacial score (nSPS) is 19.4. The van der Waals surface area contributed by atoms with Gasteiger partial charge in [-0.1, -0.05) is 25.2 Å². The van der Waals surface area contributed by atoms with E-state index < -0.39 is 0 Å². The van der Waals surface area contributed by atoms with E-state index in [0.717, 1.165) is 35.9 Å². The van der Waals surface area contributed by atoms with Crippen molar-refractivity contribution in [3.05, 3.63) is 17.3 Å². The minimum atomic E-state index is 0.262. The maximum absolute atomic E-state index is 5.48. The molecule has 0 bridgehead atoms. The number of ether oxygens (including phenoxy) is 1. The fraction of sp³-hybridized carbons (Fsp3) is 0.667. The summed E-state index contributed by atoms with van der Waals surface area (Å²) in [4.78, 5) is 0. The molecule has 1 aromatic heterocycles. The van der Waals surface area contributed by atoms with Gasteiger partial charge in [-0.05, 0) is 24.8 Å². The molecule has 94 valence electrons. The lowest BCUT2D eigenvalue weighted by Gasteiger charge is -2.19. The summed E-state index contributed by atoms with van der Waals surface area (Å²) in [5, 5.41) is 13.6. The van der Waals surface area contributed by atoms with E-state index in [2.05, 4.69) is 35.4 Å². The standard InChI is InChI=1S/C12H19N3OS/c1-9(2)7-11-14-15-12(17-11)13-8-10-5-3-4-6-16-10/h4,6,9-10H,3,5,7-8H2,1-2H3,(H,13,15). The van der Waals surface area contributed by atoms with Gasteiger partial charge in [-0.3, -0.25) is 0 Å². The maximum Gasteiger partial charge on any atom is 0.205 e. The van der Waals surface area contributed by atoms with Gasteiger partial charge in [-0.25, -0.2) is 0 Å². The molecule has 1 aliphatic rings. The first-order valence-corrected chi connectivity index (χ1v) is 6.92. The van der Waals surface area contributed by atoms with Crippen LogP contribution in [0.1, 0.15) is 31.7 Å². The van der Waals surface area contributed by atoms with Crippen LogP contribution in [-0.2, 0) is 11.2 Å². The molecule has 0 spiro atoms. The molecule has 1 aromatic rings. The summed E-state index contributed by atoms with van der Waals surface area (Å²) in [5.41, 5.74) is 0. The van der Waals surface area contributed by atoms with Crippen molar-refractivity contribution in [2.24, 2.45) is 5.92 Å². The molecule has 0 amide bonds. The van der Waals surface area contributed by atoms with Gasteiger partial charge in [0.1, 0.15) is 11.1 Å². The molecule has 0 fully saturated rings. The first-order valence-electron chi connectivity index (χ1n) is 6.11. The number of rotatable bonds is 5. The zero-order valence-corrected chi connectivity index (χ0v) is 11.2. The number of nitrogens with zero attached hydrogens (tertiary/aromatic N) is 2. The summed E-state index contributed by atoms with van der Waals surface area (Å²) >= 11 is 1.64. The van der Waals surface area contributed by atoms with Crippen LogP contribution in [0.4, 0.5) is 5.13 Å². The number of allylic oxidation sites excluding steroid dienone is 1. The third-order valence-electron chi connectivity index (χ3n) is 2.55. The summed E-state index contributed by atoms with van der Waals surface area (Å²) in [7, 11) is 0. The average Bonchev–Trinajstić information content (AvgIpc) is 2.75. The van der Waals surface area contributed by atoms with Gasteiger partial charge < -0.3 is 10.1 Å². The van der Waals surface area contributed by atoms with Gasteiger partial charge in [-0.2, -0.15) is 0 Å². The minimum Gasteiger partial charge on any atom is -0.497 e. The van der Waals surface area contributed by atoms with Crippen LogP contribution in [0.2, 0.25) is 0 Å². The monoisotopic (exact) mass is 253 g/mol. The maximum atomic E-state index is 5.48. The molecule has 4 nitrogen and oxygen atoms in total. The fourth-order valence-corrected chi connectivity index (χ4v) is 2.65. The van der Waals surface area contributed by atoms with Crippen LogP contribution in [0.25, 0.3) is 0 Å². The zero-order chi connectivity index (χ0) is 12.1. The highest BCUT2D eigenvalue weighted by molar-refractivity contribution is 7.15. The van der Waals surface area contributed by atoms with Crippen molar-refractivity contribution in [3.63, 3.8) is 0 Å². The third-order valence-corrected chi connectivity index (χ3v) is 3.46. The number of anilines is 1. The molecule has 17 heavy (non-hydrogen) atoms. The van der Waals surface area contributed by atoms with Crippen molar-refractivity contribution in [1.82, 2.24) is 10.2 Å². The van der Waals surface area contributed by atoms with Crippen molar-refractivity contribution < 1.29 is 4.74 Å². The van der Waals surface area contributed by atoms with Crippen LogP contribution in [0, 0.1) is 5.92 Å². The van der Waals surface area contributed by atoms with E-state index in [0.29, 0.717) is 5.92 Å². The van der Waals surface area contributed by atoms with Gasteiger partial charge in [-0.15, -0.1) is 10.2 Å². The Bertz CT molecular complexity index is 376. The third kappa shape index (κ3) is 4.00. The van der Waals surface area contributed by atoms with E-state index in [1.807, 2.05) is 0 Å². The molecule has 0 aromatic carbocycles. The van der Waals surface area contributed by atoms with Crippen molar-refractivity contribution in [2.75, 3.05) is 11.9 Å². The molecule has 1 atom stereocenters. The molecule has 0 saturated carbocycles. The Kier molecular flexibility index (Phi) is 4.36. The Morgan fingerprint density at radius 1 is 1.53 bits per heavy atom. The van der Waals surface area contributed by atoms with Crippen LogP contribution < -0.4 is 5.32 Å². The Morgan fingerprint density at radius 2 is 2.41 bits per heavy atom. The Morgan fingerprint density at radius 3 is 3.12 bits per heavy atom. The van der Waals surface area contributed by atoms with Crippen molar-refractivity contribution >= 4 is 16.5 Å². The quantitative estimate of drug-likeness (QED) is 0.876. The predicted octanol–water partition coefficient (Wildman–Crippen LogP) is 2.84. The van der Waals surface area contributed by atoms with Gasteiger partial charge >= 0.3 is 0 Å². The van der Waals surface area contributed by atoms with Gasteiger partial charge in [0.05, 0.1) is 12.8 Å². The smallest absolute Gasteiger partial charge is 0.205 e. The first-order chi connectivity index (χ1) is 8.24. The van der Waals surface area contributed by atoms with Crippen molar-refractivity contribution in [1.29, 1.82) is 0 Å². The molecule has 0 radical (unpaired) electrons. The lowest BCUT2D eigenvalue weighted by Crippen LogP contribution is -2.22. The molecule has 2 rings (SSSR count). The van der Waals surface area contributed by atoms with Crippen LogP contribution >= 0.6 is 11.3 Å². The van der Waals surface area contributed by atoms with Crippen LogP contribution in [0.3, 0.4) is 0 Å². The summed E-state index contributed by atoms with van der Waals surface area (Å²) in [6.45, 7) is 5.19. The summed E-state index contributed by atoms with van der Waals surface area (Å²) in [5.74, 6) is 0.627. The molecule has 0 aliphatic carbocycles. The second kappa shape index (κ2) is 6.00. The topological polar surface area (TPSA) is 47.0 Å². The number of hydrogen-bond donors (Lipinski definition) is 1. The van der Waals surface area contributed by atoms with E-state index in [1.165, 1.54) is 0 Å². The molecule has 1 N–H and O–H groups in total. The molecule has 0 saturated heterocycles. The molecule has 1 aliphatic heterocycles. The van der Waals surface area contributed by atoms with Crippen LogP contribution in [-0.4, -0.2) is 22.8 Å². The second-order valence-electron chi connectivity index (χ2n) is 4.69.